The highest BCUT2D eigenvalue weighted by molar-refractivity contribution is 5.33. The van der Waals surface area contributed by atoms with E-state index in [0.29, 0.717) is 25.6 Å². The van der Waals surface area contributed by atoms with Gasteiger partial charge >= 0.3 is 0 Å². The highest BCUT2D eigenvalue weighted by Gasteiger charge is 2.21. The minimum Gasteiger partial charge on any atom is -0.491 e. The van der Waals surface area contributed by atoms with Gasteiger partial charge in [-0.2, -0.15) is 0 Å². The fraction of sp³-hybridized carbons (Fsp3) is 0.571. The summed E-state index contributed by atoms with van der Waals surface area (Å²) >= 11 is 0. The maximum atomic E-state index is 13.8. The van der Waals surface area contributed by atoms with Gasteiger partial charge in [0.15, 0.2) is 11.6 Å². The molecule has 0 fully saturated rings. The zero-order valence-electron chi connectivity index (χ0n) is 11.5. The van der Waals surface area contributed by atoms with Crippen LogP contribution in [-0.4, -0.2) is 27.0 Å². The van der Waals surface area contributed by atoms with E-state index in [1.165, 1.54) is 0 Å². The predicted octanol–water partition coefficient (Wildman–Crippen LogP) is 2.70. The van der Waals surface area contributed by atoms with Crippen molar-refractivity contribution in [3.8, 4) is 5.75 Å². The molecule has 0 heterocycles. The van der Waals surface area contributed by atoms with E-state index in [2.05, 4.69) is 19.2 Å². The maximum absolute atomic E-state index is 13.8. The molecule has 0 amide bonds. The number of benzene rings is 1. The van der Waals surface area contributed by atoms with Gasteiger partial charge in [-0.15, -0.1) is 0 Å². The number of nitrogens with one attached hydrogen (secondary N) is 1. The number of hydrogen-bond acceptors (Lipinski definition) is 3. The van der Waals surface area contributed by atoms with Gasteiger partial charge in [-0.05, 0) is 24.6 Å². The molecule has 1 rings (SSSR count). The van der Waals surface area contributed by atoms with E-state index in [-0.39, 0.29) is 11.2 Å². The summed E-state index contributed by atoms with van der Waals surface area (Å²) in [5.41, 5.74) is 0.775. The fourth-order valence-corrected chi connectivity index (χ4v) is 1.76. The molecule has 0 atom stereocenters. The van der Waals surface area contributed by atoms with Crippen LogP contribution in [0.2, 0.25) is 0 Å². The molecule has 0 aliphatic carbocycles. The Morgan fingerprint density at radius 1 is 1.33 bits per heavy atom. The third kappa shape index (κ3) is 3.96. The first-order valence-corrected chi connectivity index (χ1v) is 6.13. The van der Waals surface area contributed by atoms with E-state index in [0.717, 1.165) is 5.56 Å². The van der Waals surface area contributed by atoms with E-state index < -0.39 is 0 Å². The van der Waals surface area contributed by atoms with Gasteiger partial charge in [-0.1, -0.05) is 19.9 Å². The molecule has 0 saturated carbocycles. The summed E-state index contributed by atoms with van der Waals surface area (Å²) < 4.78 is 23.9. The second kappa shape index (κ2) is 6.71. The Bertz CT molecular complexity index is 380. The first-order chi connectivity index (χ1) is 8.51. The van der Waals surface area contributed by atoms with Gasteiger partial charge in [0.05, 0.1) is 13.3 Å². The average Bonchev–Trinajstić information content (AvgIpc) is 2.32. The summed E-state index contributed by atoms with van der Waals surface area (Å²) in [5.74, 6) is -0.00364. The Balaban J connectivity index is 2.79. The smallest absolute Gasteiger partial charge is 0.165 e. The lowest BCUT2D eigenvalue weighted by atomic mass is 9.84. The standard InChI is InChI=1S/C14H22FNO2/c1-5-18-13-7-6-11(8-12(13)15)14(2,3)9-16-10-17-4/h6-8,16H,5,9-10H2,1-4H3. The van der Waals surface area contributed by atoms with Crippen molar-refractivity contribution in [3.05, 3.63) is 29.6 Å². The molecular weight excluding hydrogens is 233 g/mol. The normalized spacial score (nSPS) is 11.6. The van der Waals surface area contributed by atoms with Crippen LogP contribution in [-0.2, 0) is 10.2 Å². The van der Waals surface area contributed by atoms with Gasteiger partial charge in [0.2, 0.25) is 0 Å². The summed E-state index contributed by atoms with van der Waals surface area (Å²) in [7, 11) is 1.64. The molecule has 18 heavy (non-hydrogen) atoms. The molecule has 0 aliphatic heterocycles. The molecule has 0 bridgehead atoms. The molecule has 0 aliphatic rings. The van der Waals surface area contributed by atoms with Crippen molar-refractivity contribution in [2.45, 2.75) is 26.2 Å². The molecule has 4 heteroatoms. The van der Waals surface area contributed by atoms with Crippen LogP contribution in [0.4, 0.5) is 4.39 Å². The van der Waals surface area contributed by atoms with Crippen molar-refractivity contribution in [3.63, 3.8) is 0 Å². The van der Waals surface area contributed by atoms with Gasteiger partial charge in [0.25, 0.3) is 0 Å². The SMILES string of the molecule is CCOc1ccc(C(C)(C)CNCOC)cc1F. The minimum atomic E-state index is -0.311. The van der Waals surface area contributed by atoms with Gasteiger partial charge in [-0.3, -0.25) is 5.32 Å². The van der Waals surface area contributed by atoms with E-state index in [1.807, 2.05) is 13.0 Å². The number of ether oxygens (including phenoxy) is 2. The first kappa shape index (κ1) is 14.9. The zero-order chi connectivity index (χ0) is 13.6. The molecule has 1 aromatic rings. The Hall–Kier alpha value is -1.13. The van der Waals surface area contributed by atoms with Gasteiger partial charge in [0.1, 0.15) is 0 Å². The van der Waals surface area contributed by atoms with Crippen molar-refractivity contribution < 1.29 is 13.9 Å². The molecule has 0 spiro atoms. The topological polar surface area (TPSA) is 30.5 Å². The molecular formula is C14H22FNO2. The molecule has 0 aromatic heterocycles. The molecule has 0 radical (unpaired) electrons. The number of halogens is 1. The van der Waals surface area contributed by atoms with E-state index in [9.17, 15) is 4.39 Å². The summed E-state index contributed by atoms with van der Waals surface area (Å²) in [6.07, 6.45) is 0. The van der Waals surface area contributed by atoms with Crippen LogP contribution >= 0.6 is 0 Å². The quantitative estimate of drug-likeness (QED) is 0.600. The Kier molecular flexibility index (Phi) is 5.56. The van der Waals surface area contributed by atoms with Crippen molar-refractivity contribution in [1.82, 2.24) is 5.32 Å². The monoisotopic (exact) mass is 255 g/mol. The number of methoxy groups -OCH3 is 1. The number of rotatable bonds is 7. The van der Waals surface area contributed by atoms with Crippen LogP contribution in [0, 0.1) is 5.82 Å². The minimum absolute atomic E-state index is 0.163. The molecule has 0 saturated heterocycles. The van der Waals surface area contributed by atoms with Crippen molar-refractivity contribution in [1.29, 1.82) is 0 Å². The van der Waals surface area contributed by atoms with Crippen molar-refractivity contribution in [2.24, 2.45) is 0 Å². The summed E-state index contributed by atoms with van der Waals surface area (Å²) in [5, 5.41) is 3.16. The summed E-state index contributed by atoms with van der Waals surface area (Å²) in [6.45, 7) is 7.63. The van der Waals surface area contributed by atoms with Crippen LogP contribution < -0.4 is 10.1 Å². The van der Waals surface area contributed by atoms with Crippen LogP contribution in [0.5, 0.6) is 5.75 Å². The first-order valence-electron chi connectivity index (χ1n) is 6.13. The predicted molar refractivity (Wildman–Crippen MR) is 70.5 cm³/mol. The second-order valence-electron chi connectivity index (χ2n) is 4.82. The van der Waals surface area contributed by atoms with Crippen LogP contribution in [0.1, 0.15) is 26.3 Å². The van der Waals surface area contributed by atoms with Gasteiger partial charge < -0.3 is 9.47 Å². The summed E-state index contributed by atoms with van der Waals surface area (Å²) in [6, 6.07) is 5.13. The Morgan fingerprint density at radius 2 is 2.06 bits per heavy atom. The van der Waals surface area contributed by atoms with Crippen molar-refractivity contribution >= 4 is 0 Å². The average molecular weight is 255 g/mol. The lowest BCUT2D eigenvalue weighted by Gasteiger charge is -2.26. The van der Waals surface area contributed by atoms with Crippen molar-refractivity contribution in [2.75, 3.05) is 27.0 Å². The van der Waals surface area contributed by atoms with E-state index in [1.54, 1.807) is 19.2 Å². The van der Waals surface area contributed by atoms with Crippen LogP contribution in [0.3, 0.4) is 0 Å². The highest BCUT2D eigenvalue weighted by Crippen LogP contribution is 2.27. The highest BCUT2D eigenvalue weighted by atomic mass is 19.1. The van der Waals surface area contributed by atoms with E-state index in [4.69, 9.17) is 9.47 Å². The lowest BCUT2D eigenvalue weighted by Crippen LogP contribution is -2.34. The second-order valence-corrected chi connectivity index (χ2v) is 4.82. The molecule has 1 N–H and O–H groups in total. The van der Waals surface area contributed by atoms with Gasteiger partial charge in [0, 0.05) is 19.1 Å². The molecule has 3 nitrogen and oxygen atoms in total. The fourth-order valence-electron chi connectivity index (χ4n) is 1.76. The lowest BCUT2D eigenvalue weighted by molar-refractivity contribution is 0.169. The maximum Gasteiger partial charge on any atom is 0.165 e. The Morgan fingerprint density at radius 3 is 2.61 bits per heavy atom. The third-order valence-electron chi connectivity index (χ3n) is 2.83. The van der Waals surface area contributed by atoms with E-state index >= 15 is 0 Å². The largest absolute Gasteiger partial charge is 0.491 e. The third-order valence-corrected chi connectivity index (χ3v) is 2.83. The van der Waals surface area contributed by atoms with Crippen LogP contribution in [0.25, 0.3) is 0 Å². The summed E-state index contributed by atoms with van der Waals surface area (Å²) in [4.78, 5) is 0. The Labute approximate surface area is 108 Å². The molecule has 102 valence electrons. The number of hydrogen-bond donors (Lipinski definition) is 1. The molecule has 1 aromatic carbocycles. The van der Waals surface area contributed by atoms with Crippen LogP contribution in [0.15, 0.2) is 18.2 Å². The zero-order valence-corrected chi connectivity index (χ0v) is 11.5. The van der Waals surface area contributed by atoms with Gasteiger partial charge in [-0.25, -0.2) is 4.39 Å². The molecule has 0 unspecified atom stereocenters.